The molecule has 0 saturated heterocycles. The fourth-order valence-corrected chi connectivity index (χ4v) is 2.81. The molecule has 0 unspecified atom stereocenters. The first-order valence-corrected chi connectivity index (χ1v) is 8.63. The number of para-hydroxylation sites is 1. The highest BCUT2D eigenvalue weighted by molar-refractivity contribution is 14.0. The third-order valence-corrected chi connectivity index (χ3v) is 4.38. The number of thiazole rings is 1. The van der Waals surface area contributed by atoms with Gasteiger partial charge in [-0.2, -0.15) is 0 Å². The molecule has 0 bridgehead atoms. The molecule has 1 aromatic heterocycles. The van der Waals surface area contributed by atoms with Crippen LogP contribution in [0.15, 0.2) is 40.7 Å². The van der Waals surface area contributed by atoms with Gasteiger partial charge in [-0.15, -0.1) is 35.3 Å². The van der Waals surface area contributed by atoms with Gasteiger partial charge in [-0.25, -0.2) is 4.98 Å². The lowest BCUT2D eigenvalue weighted by Gasteiger charge is -2.21. The van der Waals surface area contributed by atoms with Crippen molar-refractivity contribution in [1.82, 2.24) is 15.2 Å². The number of hydrogen-bond acceptors (Lipinski definition) is 4. The highest BCUT2D eigenvalue weighted by Crippen LogP contribution is 2.10. The molecule has 1 N–H and O–H groups in total. The summed E-state index contributed by atoms with van der Waals surface area (Å²) in [5.74, 6) is 1.73. The molecule has 5 nitrogen and oxygen atoms in total. The quantitative estimate of drug-likeness (QED) is 0.391. The molecule has 7 heteroatoms. The van der Waals surface area contributed by atoms with Gasteiger partial charge < -0.3 is 15.0 Å². The number of nitrogens with one attached hydrogen (secondary N) is 1. The number of benzene rings is 1. The molecule has 1 heterocycles. The fourth-order valence-electron chi connectivity index (χ4n) is 2.07. The van der Waals surface area contributed by atoms with E-state index in [9.17, 15) is 0 Å². The lowest BCUT2D eigenvalue weighted by Crippen LogP contribution is -2.40. The average molecular weight is 460 g/mol. The zero-order chi connectivity index (χ0) is 16.5. The largest absolute Gasteiger partial charge is 0.492 e. The minimum atomic E-state index is 0. The van der Waals surface area contributed by atoms with Crippen LogP contribution in [0.5, 0.6) is 5.75 Å². The number of hydrogen-bond donors (Lipinski definition) is 1. The second-order valence-electron chi connectivity index (χ2n) is 5.07. The molecule has 0 atom stereocenters. The Kier molecular flexibility index (Phi) is 9.70. The van der Waals surface area contributed by atoms with Gasteiger partial charge in [-0.1, -0.05) is 25.1 Å². The summed E-state index contributed by atoms with van der Waals surface area (Å²) in [4.78, 5) is 10.9. The van der Waals surface area contributed by atoms with Crippen molar-refractivity contribution < 1.29 is 4.74 Å². The van der Waals surface area contributed by atoms with Gasteiger partial charge >= 0.3 is 0 Å². The lowest BCUT2D eigenvalue weighted by atomic mass is 10.3. The molecule has 0 aliphatic rings. The van der Waals surface area contributed by atoms with Gasteiger partial charge in [0.05, 0.1) is 23.8 Å². The van der Waals surface area contributed by atoms with E-state index in [0.29, 0.717) is 13.2 Å². The van der Waals surface area contributed by atoms with Crippen LogP contribution in [-0.2, 0) is 13.0 Å². The second-order valence-corrected chi connectivity index (χ2v) is 6.01. The Hall–Kier alpha value is -1.35. The summed E-state index contributed by atoms with van der Waals surface area (Å²) in [7, 11) is 3.79. The summed E-state index contributed by atoms with van der Waals surface area (Å²) in [6, 6.07) is 9.84. The van der Waals surface area contributed by atoms with Gasteiger partial charge in [-0.05, 0) is 18.6 Å². The van der Waals surface area contributed by atoms with Crippen LogP contribution in [0.2, 0.25) is 0 Å². The Balaban J connectivity index is 0.00000288. The third-order valence-electron chi connectivity index (χ3n) is 3.34. The number of nitrogens with zero attached hydrogens (tertiary/aromatic N) is 3. The van der Waals surface area contributed by atoms with Crippen molar-refractivity contribution >= 4 is 41.3 Å². The molecule has 0 radical (unpaired) electrons. The van der Waals surface area contributed by atoms with Crippen molar-refractivity contribution in [2.45, 2.75) is 19.9 Å². The van der Waals surface area contributed by atoms with E-state index in [1.54, 1.807) is 18.4 Å². The number of guanidine groups is 1. The number of likely N-dealkylation sites (N-methyl/N-ethyl adjacent to an activating group) is 1. The Morgan fingerprint density at radius 2 is 2.08 bits per heavy atom. The van der Waals surface area contributed by atoms with Crippen molar-refractivity contribution in [3.05, 3.63) is 46.4 Å². The maximum Gasteiger partial charge on any atom is 0.193 e. The Morgan fingerprint density at radius 1 is 1.33 bits per heavy atom. The first kappa shape index (κ1) is 20.7. The van der Waals surface area contributed by atoms with Crippen LogP contribution >= 0.6 is 35.3 Å². The second kappa shape index (κ2) is 11.2. The number of aryl methyl sites for hydroxylation is 1. The molecule has 0 fully saturated rings. The minimum absolute atomic E-state index is 0. The molecule has 2 rings (SSSR count). The van der Waals surface area contributed by atoms with Crippen LogP contribution in [0, 0.1) is 0 Å². The highest BCUT2D eigenvalue weighted by Gasteiger charge is 2.07. The van der Waals surface area contributed by atoms with Crippen molar-refractivity contribution in [2.75, 3.05) is 27.2 Å². The number of ether oxygens (including phenoxy) is 1. The predicted molar refractivity (Wildman–Crippen MR) is 112 cm³/mol. The van der Waals surface area contributed by atoms with E-state index in [-0.39, 0.29) is 24.0 Å². The molecule has 0 spiro atoms. The van der Waals surface area contributed by atoms with Gasteiger partial charge in [0, 0.05) is 19.5 Å². The number of aliphatic imine (C=N–C) groups is 1. The van der Waals surface area contributed by atoms with Crippen molar-refractivity contribution in [1.29, 1.82) is 0 Å². The number of rotatable bonds is 7. The van der Waals surface area contributed by atoms with E-state index < -0.39 is 0 Å². The van der Waals surface area contributed by atoms with Crippen molar-refractivity contribution in [3.63, 3.8) is 0 Å². The molecule has 1 aromatic carbocycles. The topological polar surface area (TPSA) is 49.8 Å². The molecular weight excluding hydrogens is 435 g/mol. The smallest absolute Gasteiger partial charge is 0.193 e. The number of halogens is 1. The highest BCUT2D eigenvalue weighted by atomic mass is 127. The normalized spacial score (nSPS) is 10.9. The maximum atomic E-state index is 5.72. The van der Waals surface area contributed by atoms with Gasteiger partial charge in [0.1, 0.15) is 12.4 Å². The molecular formula is C17H25IN4OS. The molecule has 0 aliphatic carbocycles. The monoisotopic (exact) mass is 460 g/mol. The van der Waals surface area contributed by atoms with Crippen molar-refractivity contribution in [2.24, 2.45) is 4.99 Å². The summed E-state index contributed by atoms with van der Waals surface area (Å²) in [5.41, 5.74) is 1.06. The van der Waals surface area contributed by atoms with E-state index in [1.807, 2.05) is 37.4 Å². The Morgan fingerprint density at radius 3 is 2.71 bits per heavy atom. The van der Waals surface area contributed by atoms with Crippen LogP contribution < -0.4 is 10.1 Å². The van der Waals surface area contributed by atoms with Crippen LogP contribution in [-0.4, -0.2) is 43.1 Å². The van der Waals surface area contributed by atoms with E-state index in [2.05, 4.69) is 32.5 Å². The van der Waals surface area contributed by atoms with Gasteiger partial charge in [0.2, 0.25) is 0 Å². The van der Waals surface area contributed by atoms with E-state index in [1.165, 1.54) is 5.01 Å². The summed E-state index contributed by atoms with van der Waals surface area (Å²) in [5, 5.41) is 6.60. The predicted octanol–water partition coefficient (Wildman–Crippen LogP) is 3.41. The van der Waals surface area contributed by atoms with Gasteiger partial charge in [0.15, 0.2) is 5.96 Å². The first-order valence-electron chi connectivity index (χ1n) is 7.75. The third kappa shape index (κ3) is 6.64. The molecule has 0 aliphatic heterocycles. The summed E-state index contributed by atoms with van der Waals surface area (Å²) < 4.78 is 5.72. The van der Waals surface area contributed by atoms with Crippen LogP contribution in [0.1, 0.15) is 17.6 Å². The van der Waals surface area contributed by atoms with E-state index in [0.717, 1.165) is 30.4 Å². The molecule has 0 amide bonds. The standard InChI is InChI=1S/C17H24N4OS.HI/c1-4-16-20-14(13-23-16)12-19-17(18-2)21(3)10-11-22-15-8-6-5-7-9-15;/h5-9,13H,4,10-12H2,1-3H3,(H,18,19);1H. The zero-order valence-corrected chi connectivity index (χ0v) is 17.5. The molecule has 24 heavy (non-hydrogen) atoms. The van der Waals surface area contributed by atoms with E-state index >= 15 is 0 Å². The zero-order valence-electron chi connectivity index (χ0n) is 14.4. The average Bonchev–Trinajstić information content (AvgIpc) is 3.04. The minimum Gasteiger partial charge on any atom is -0.492 e. The fraction of sp³-hybridized carbons (Fsp3) is 0.412. The number of aromatic nitrogens is 1. The van der Waals surface area contributed by atoms with Gasteiger partial charge in [-0.3, -0.25) is 4.99 Å². The Bertz CT molecular complexity index is 618. The SMILES string of the molecule is CCc1nc(CNC(=NC)N(C)CCOc2ccccc2)cs1.I. The molecule has 0 saturated carbocycles. The first-order chi connectivity index (χ1) is 11.2. The Labute approximate surface area is 165 Å². The molecule has 132 valence electrons. The summed E-state index contributed by atoms with van der Waals surface area (Å²) in [6.45, 7) is 4.17. The van der Waals surface area contributed by atoms with Crippen LogP contribution in [0.4, 0.5) is 0 Å². The summed E-state index contributed by atoms with van der Waals surface area (Å²) in [6.07, 6.45) is 0.982. The van der Waals surface area contributed by atoms with Crippen LogP contribution in [0.3, 0.4) is 0 Å². The van der Waals surface area contributed by atoms with Crippen LogP contribution in [0.25, 0.3) is 0 Å². The lowest BCUT2D eigenvalue weighted by molar-refractivity contribution is 0.281. The summed E-state index contributed by atoms with van der Waals surface area (Å²) >= 11 is 1.70. The van der Waals surface area contributed by atoms with Crippen molar-refractivity contribution in [3.8, 4) is 5.75 Å². The molecule has 2 aromatic rings. The van der Waals surface area contributed by atoms with Gasteiger partial charge in [0.25, 0.3) is 0 Å². The van der Waals surface area contributed by atoms with E-state index in [4.69, 9.17) is 4.74 Å². The maximum absolute atomic E-state index is 5.72.